The smallest absolute Gasteiger partial charge is 0.0471 e. The van der Waals surface area contributed by atoms with Crippen LogP contribution in [0, 0.1) is 5.41 Å². The van der Waals surface area contributed by atoms with Crippen LogP contribution in [0.1, 0.15) is 33.1 Å². The van der Waals surface area contributed by atoms with E-state index in [1.807, 2.05) is 7.05 Å². The third kappa shape index (κ3) is 4.09. The molecular weight excluding hydrogens is 188 g/mol. The van der Waals surface area contributed by atoms with Gasteiger partial charge in [-0.2, -0.15) is 0 Å². The minimum Gasteiger partial charge on any atom is -0.381 e. The first kappa shape index (κ1) is 12.9. The minimum absolute atomic E-state index is 0.492. The molecule has 0 aromatic carbocycles. The Balaban J connectivity index is 2.26. The zero-order valence-electron chi connectivity index (χ0n) is 10.4. The van der Waals surface area contributed by atoms with E-state index in [9.17, 15) is 0 Å². The summed E-state index contributed by atoms with van der Waals surface area (Å²) in [5, 5.41) is 6.83. The fourth-order valence-corrected chi connectivity index (χ4v) is 2.12. The first-order valence-electron chi connectivity index (χ1n) is 6.18. The fraction of sp³-hybridized carbons (Fsp3) is 1.00. The molecule has 0 spiro atoms. The highest BCUT2D eigenvalue weighted by atomic mass is 16.5. The molecule has 1 fully saturated rings. The van der Waals surface area contributed by atoms with E-state index >= 15 is 0 Å². The van der Waals surface area contributed by atoms with Crippen LogP contribution in [-0.2, 0) is 4.74 Å². The molecule has 2 N–H and O–H groups in total. The molecule has 0 radical (unpaired) electrons. The van der Waals surface area contributed by atoms with Crippen LogP contribution in [0.5, 0.6) is 0 Å². The molecule has 0 saturated carbocycles. The molecule has 1 heterocycles. The van der Waals surface area contributed by atoms with E-state index < -0.39 is 0 Å². The zero-order valence-corrected chi connectivity index (χ0v) is 10.4. The highest BCUT2D eigenvalue weighted by molar-refractivity contribution is 4.83. The van der Waals surface area contributed by atoms with Gasteiger partial charge in [-0.25, -0.2) is 0 Å². The molecule has 0 aliphatic carbocycles. The molecule has 0 bridgehead atoms. The predicted octanol–water partition coefficient (Wildman–Crippen LogP) is 1.39. The maximum atomic E-state index is 5.44. The van der Waals surface area contributed by atoms with Crippen LogP contribution >= 0.6 is 0 Å². The topological polar surface area (TPSA) is 33.3 Å². The van der Waals surface area contributed by atoms with E-state index in [-0.39, 0.29) is 0 Å². The molecule has 1 rings (SSSR count). The summed E-state index contributed by atoms with van der Waals surface area (Å²) in [6, 6.07) is 0.554. The maximum absolute atomic E-state index is 5.44. The van der Waals surface area contributed by atoms with Gasteiger partial charge < -0.3 is 15.4 Å². The SMILES string of the molecule is CCC1(CNCC(C)NC)CCOCC1. The average molecular weight is 214 g/mol. The number of likely N-dealkylation sites (N-methyl/N-ethyl adjacent to an activating group) is 1. The molecule has 1 aliphatic heterocycles. The Kier molecular flexibility index (Phi) is 5.58. The highest BCUT2D eigenvalue weighted by Gasteiger charge is 2.30. The van der Waals surface area contributed by atoms with Crippen LogP contribution in [0.2, 0.25) is 0 Å². The third-order valence-corrected chi connectivity index (χ3v) is 3.75. The van der Waals surface area contributed by atoms with Crippen molar-refractivity contribution >= 4 is 0 Å². The fourth-order valence-electron chi connectivity index (χ4n) is 2.12. The number of nitrogens with one attached hydrogen (secondary N) is 2. The first-order chi connectivity index (χ1) is 7.22. The minimum atomic E-state index is 0.492. The Bertz CT molecular complexity index is 167. The van der Waals surface area contributed by atoms with E-state index in [1.54, 1.807) is 0 Å². The van der Waals surface area contributed by atoms with E-state index in [0.29, 0.717) is 11.5 Å². The Labute approximate surface area is 94.0 Å². The molecule has 3 nitrogen and oxygen atoms in total. The number of rotatable bonds is 6. The largest absolute Gasteiger partial charge is 0.381 e. The van der Waals surface area contributed by atoms with Gasteiger partial charge in [0.2, 0.25) is 0 Å². The Morgan fingerprint density at radius 1 is 1.33 bits per heavy atom. The second kappa shape index (κ2) is 6.46. The summed E-state index contributed by atoms with van der Waals surface area (Å²) in [5.41, 5.74) is 0.492. The summed E-state index contributed by atoms with van der Waals surface area (Å²) in [6.07, 6.45) is 3.69. The number of hydrogen-bond donors (Lipinski definition) is 2. The van der Waals surface area contributed by atoms with Gasteiger partial charge in [-0.1, -0.05) is 6.92 Å². The summed E-state index contributed by atoms with van der Waals surface area (Å²) in [6.45, 7) is 8.58. The predicted molar refractivity (Wildman–Crippen MR) is 64.2 cm³/mol. The van der Waals surface area contributed by atoms with Crippen LogP contribution in [0.25, 0.3) is 0 Å². The monoisotopic (exact) mass is 214 g/mol. The summed E-state index contributed by atoms with van der Waals surface area (Å²) < 4.78 is 5.44. The second-order valence-corrected chi connectivity index (χ2v) is 4.79. The lowest BCUT2D eigenvalue weighted by Crippen LogP contribution is -2.42. The van der Waals surface area contributed by atoms with Crippen molar-refractivity contribution < 1.29 is 4.74 Å². The maximum Gasteiger partial charge on any atom is 0.0471 e. The van der Waals surface area contributed by atoms with Crippen molar-refractivity contribution in [2.75, 3.05) is 33.4 Å². The molecule has 1 aliphatic rings. The third-order valence-electron chi connectivity index (χ3n) is 3.75. The first-order valence-corrected chi connectivity index (χ1v) is 6.18. The summed E-state index contributed by atoms with van der Waals surface area (Å²) in [4.78, 5) is 0. The van der Waals surface area contributed by atoms with Crippen molar-refractivity contribution in [1.82, 2.24) is 10.6 Å². The lowest BCUT2D eigenvalue weighted by atomic mass is 9.78. The summed E-state index contributed by atoms with van der Waals surface area (Å²) in [5.74, 6) is 0. The quantitative estimate of drug-likeness (QED) is 0.701. The number of hydrogen-bond acceptors (Lipinski definition) is 3. The molecule has 0 amide bonds. The standard InChI is InChI=1S/C12H26N2O/c1-4-12(5-7-15-8-6-12)10-14-9-11(2)13-3/h11,13-14H,4-10H2,1-3H3. The Hall–Kier alpha value is -0.120. The van der Waals surface area contributed by atoms with Crippen LogP contribution in [-0.4, -0.2) is 39.4 Å². The number of ether oxygens (including phenoxy) is 1. The molecule has 0 aromatic rings. The van der Waals surface area contributed by atoms with Crippen molar-refractivity contribution in [2.24, 2.45) is 5.41 Å². The summed E-state index contributed by atoms with van der Waals surface area (Å²) in [7, 11) is 2.01. The summed E-state index contributed by atoms with van der Waals surface area (Å²) >= 11 is 0. The van der Waals surface area contributed by atoms with E-state index in [1.165, 1.54) is 19.3 Å². The average Bonchev–Trinajstić information content (AvgIpc) is 2.30. The van der Waals surface area contributed by atoms with Crippen LogP contribution in [0.4, 0.5) is 0 Å². The molecule has 3 heteroatoms. The van der Waals surface area contributed by atoms with Gasteiger partial charge in [-0.05, 0) is 38.6 Å². The van der Waals surface area contributed by atoms with Gasteiger partial charge in [-0.15, -0.1) is 0 Å². The zero-order chi connectivity index (χ0) is 11.1. The normalized spacial score (nSPS) is 22.6. The van der Waals surface area contributed by atoms with Crippen molar-refractivity contribution in [2.45, 2.75) is 39.2 Å². The molecule has 1 atom stereocenters. The van der Waals surface area contributed by atoms with Crippen LogP contribution < -0.4 is 10.6 Å². The van der Waals surface area contributed by atoms with E-state index in [0.717, 1.165) is 26.3 Å². The van der Waals surface area contributed by atoms with Gasteiger partial charge in [-0.3, -0.25) is 0 Å². The molecule has 90 valence electrons. The molecule has 1 saturated heterocycles. The van der Waals surface area contributed by atoms with Gasteiger partial charge in [0.25, 0.3) is 0 Å². The van der Waals surface area contributed by atoms with Crippen molar-refractivity contribution in [3.63, 3.8) is 0 Å². The van der Waals surface area contributed by atoms with Gasteiger partial charge in [0, 0.05) is 32.3 Å². The molecule has 15 heavy (non-hydrogen) atoms. The van der Waals surface area contributed by atoms with Gasteiger partial charge >= 0.3 is 0 Å². The van der Waals surface area contributed by atoms with Crippen LogP contribution in [0.15, 0.2) is 0 Å². The second-order valence-electron chi connectivity index (χ2n) is 4.79. The lowest BCUT2D eigenvalue weighted by molar-refractivity contribution is 0.0127. The van der Waals surface area contributed by atoms with Crippen LogP contribution in [0.3, 0.4) is 0 Å². The van der Waals surface area contributed by atoms with Gasteiger partial charge in [0.15, 0.2) is 0 Å². The highest BCUT2D eigenvalue weighted by Crippen LogP contribution is 2.32. The van der Waals surface area contributed by atoms with E-state index in [4.69, 9.17) is 4.74 Å². The van der Waals surface area contributed by atoms with Crippen molar-refractivity contribution in [3.8, 4) is 0 Å². The Morgan fingerprint density at radius 2 is 2.00 bits per heavy atom. The molecular formula is C12H26N2O. The van der Waals surface area contributed by atoms with Crippen molar-refractivity contribution in [1.29, 1.82) is 0 Å². The Morgan fingerprint density at radius 3 is 2.53 bits per heavy atom. The van der Waals surface area contributed by atoms with E-state index in [2.05, 4.69) is 24.5 Å². The van der Waals surface area contributed by atoms with Gasteiger partial charge in [0.05, 0.1) is 0 Å². The van der Waals surface area contributed by atoms with Gasteiger partial charge in [0.1, 0.15) is 0 Å². The lowest BCUT2D eigenvalue weighted by Gasteiger charge is -2.37. The van der Waals surface area contributed by atoms with Crippen molar-refractivity contribution in [3.05, 3.63) is 0 Å². The molecule has 1 unspecified atom stereocenters. The molecule has 0 aromatic heterocycles.